The summed E-state index contributed by atoms with van der Waals surface area (Å²) >= 11 is 6.70. The number of halogens is 2. The second-order valence-electron chi connectivity index (χ2n) is 2.33. The summed E-state index contributed by atoms with van der Waals surface area (Å²) in [6.07, 6.45) is 0.405. The third-order valence-corrected chi connectivity index (χ3v) is 2.48. The second-order valence-corrected chi connectivity index (χ2v) is 4.10. The monoisotopic (exact) mass is 303 g/mol. The molecule has 1 rings (SSSR count). The Morgan fingerprint density at radius 3 is 2.77 bits per heavy atom. The molecule has 0 bridgehead atoms. The molecule has 1 aromatic carbocycles. The lowest BCUT2D eigenvalue weighted by molar-refractivity contribution is 0.324. The molecule has 0 aromatic heterocycles. The molecule has 4 heteroatoms. The minimum atomic E-state index is 0.405. The molecule has 0 unspecified atom stereocenters. The first-order valence-corrected chi connectivity index (χ1v) is 5.27. The average molecular weight is 305 g/mol. The van der Waals surface area contributed by atoms with Crippen molar-refractivity contribution in [1.29, 1.82) is 5.26 Å². The fourth-order valence-electron chi connectivity index (χ4n) is 0.799. The maximum atomic E-state index is 8.31. The molecule has 0 aliphatic rings. The number of hydrogen-bond donors (Lipinski definition) is 0. The lowest BCUT2D eigenvalue weighted by Crippen LogP contribution is -1.96. The standard InChI is InChI=1S/C9H7Br2NO/c10-7-2-3-9(8(11)6-7)13-5-1-4-12/h2-3,6H,1,5H2. The summed E-state index contributed by atoms with van der Waals surface area (Å²) in [5.41, 5.74) is 0. The number of hydrogen-bond acceptors (Lipinski definition) is 2. The van der Waals surface area contributed by atoms with E-state index in [0.717, 1.165) is 14.7 Å². The first-order valence-electron chi connectivity index (χ1n) is 3.69. The summed E-state index contributed by atoms with van der Waals surface area (Å²) in [4.78, 5) is 0. The Morgan fingerprint density at radius 2 is 2.15 bits per heavy atom. The van der Waals surface area contributed by atoms with Crippen LogP contribution in [-0.2, 0) is 0 Å². The molecule has 0 fully saturated rings. The Kier molecular flexibility index (Phi) is 4.26. The van der Waals surface area contributed by atoms with Crippen LogP contribution < -0.4 is 4.74 Å². The van der Waals surface area contributed by atoms with Crippen LogP contribution in [0.2, 0.25) is 0 Å². The van der Waals surface area contributed by atoms with E-state index < -0.39 is 0 Å². The number of rotatable bonds is 3. The Labute approximate surface area is 93.8 Å². The summed E-state index contributed by atoms with van der Waals surface area (Å²) in [7, 11) is 0. The van der Waals surface area contributed by atoms with E-state index in [1.54, 1.807) is 0 Å². The van der Waals surface area contributed by atoms with Crippen molar-refractivity contribution in [1.82, 2.24) is 0 Å². The molecule has 0 atom stereocenters. The first kappa shape index (κ1) is 10.6. The summed E-state index contributed by atoms with van der Waals surface area (Å²) in [5.74, 6) is 0.762. The van der Waals surface area contributed by atoms with E-state index in [2.05, 4.69) is 31.9 Å². The molecular formula is C9H7Br2NO. The first-order chi connectivity index (χ1) is 6.24. The van der Waals surface area contributed by atoms with Gasteiger partial charge in [-0.25, -0.2) is 0 Å². The summed E-state index contributed by atoms with van der Waals surface area (Å²) in [6.45, 7) is 0.427. The van der Waals surface area contributed by atoms with Crippen molar-refractivity contribution >= 4 is 31.9 Å². The molecule has 0 radical (unpaired) electrons. The Morgan fingerprint density at radius 1 is 1.38 bits per heavy atom. The molecule has 0 N–H and O–H groups in total. The molecule has 0 heterocycles. The van der Waals surface area contributed by atoms with E-state index in [1.165, 1.54) is 0 Å². The van der Waals surface area contributed by atoms with Crippen LogP contribution in [0, 0.1) is 11.3 Å². The minimum Gasteiger partial charge on any atom is -0.491 e. The molecule has 1 aromatic rings. The van der Waals surface area contributed by atoms with Crippen LogP contribution in [-0.4, -0.2) is 6.61 Å². The molecular weight excluding hydrogens is 298 g/mol. The van der Waals surface area contributed by atoms with Gasteiger partial charge >= 0.3 is 0 Å². The predicted octanol–water partition coefficient (Wildman–Crippen LogP) is 3.50. The van der Waals surface area contributed by atoms with Gasteiger partial charge in [0.15, 0.2) is 0 Å². The Balaban J connectivity index is 2.62. The lowest BCUT2D eigenvalue weighted by atomic mass is 10.3. The van der Waals surface area contributed by atoms with E-state index in [9.17, 15) is 0 Å². The van der Waals surface area contributed by atoms with Gasteiger partial charge in [0.1, 0.15) is 12.4 Å². The van der Waals surface area contributed by atoms with Gasteiger partial charge in [0.25, 0.3) is 0 Å². The quantitative estimate of drug-likeness (QED) is 0.801. The molecule has 68 valence electrons. The zero-order valence-corrected chi connectivity index (χ0v) is 9.93. The maximum Gasteiger partial charge on any atom is 0.133 e. The van der Waals surface area contributed by atoms with E-state index in [4.69, 9.17) is 10.00 Å². The highest BCUT2D eigenvalue weighted by Gasteiger charge is 2.00. The van der Waals surface area contributed by atoms with Gasteiger partial charge in [-0.3, -0.25) is 0 Å². The maximum absolute atomic E-state index is 8.31. The Hall–Kier alpha value is -0.530. The molecule has 0 spiro atoms. The highest BCUT2D eigenvalue weighted by Crippen LogP contribution is 2.28. The fourth-order valence-corrected chi connectivity index (χ4v) is 1.96. The van der Waals surface area contributed by atoms with Crippen molar-refractivity contribution in [2.75, 3.05) is 6.61 Å². The number of nitriles is 1. The van der Waals surface area contributed by atoms with E-state index in [0.29, 0.717) is 13.0 Å². The highest BCUT2D eigenvalue weighted by atomic mass is 79.9. The smallest absolute Gasteiger partial charge is 0.133 e. The van der Waals surface area contributed by atoms with Crippen LogP contribution in [0.1, 0.15) is 6.42 Å². The van der Waals surface area contributed by atoms with Crippen LogP contribution in [0.15, 0.2) is 27.1 Å². The number of nitrogens with zero attached hydrogens (tertiary/aromatic N) is 1. The minimum absolute atomic E-state index is 0.405. The van der Waals surface area contributed by atoms with Crippen molar-refractivity contribution in [2.45, 2.75) is 6.42 Å². The number of benzene rings is 1. The number of ether oxygens (including phenoxy) is 1. The van der Waals surface area contributed by atoms with Crippen molar-refractivity contribution in [3.05, 3.63) is 27.1 Å². The largest absolute Gasteiger partial charge is 0.491 e. The second kappa shape index (κ2) is 5.25. The molecule has 0 saturated heterocycles. The summed E-state index contributed by atoms with van der Waals surface area (Å²) in [5, 5.41) is 8.31. The van der Waals surface area contributed by atoms with Crippen molar-refractivity contribution < 1.29 is 4.74 Å². The SMILES string of the molecule is N#CCCOc1ccc(Br)cc1Br. The molecule has 0 aliphatic heterocycles. The van der Waals surface area contributed by atoms with Gasteiger partial charge < -0.3 is 4.74 Å². The van der Waals surface area contributed by atoms with Gasteiger partial charge in [-0.1, -0.05) is 15.9 Å². The third-order valence-electron chi connectivity index (χ3n) is 1.37. The molecule has 0 aliphatic carbocycles. The van der Waals surface area contributed by atoms with E-state index in [1.807, 2.05) is 24.3 Å². The zero-order valence-electron chi connectivity index (χ0n) is 6.76. The normalized spacial score (nSPS) is 9.31. The van der Waals surface area contributed by atoms with Gasteiger partial charge in [-0.2, -0.15) is 5.26 Å². The van der Waals surface area contributed by atoms with Crippen molar-refractivity contribution in [3.63, 3.8) is 0 Å². The van der Waals surface area contributed by atoms with Crippen LogP contribution in [0.3, 0.4) is 0 Å². The lowest BCUT2D eigenvalue weighted by Gasteiger charge is -2.05. The molecule has 0 saturated carbocycles. The van der Waals surface area contributed by atoms with Gasteiger partial charge in [-0.15, -0.1) is 0 Å². The van der Waals surface area contributed by atoms with Crippen LogP contribution in [0.5, 0.6) is 5.75 Å². The third kappa shape index (κ3) is 3.37. The summed E-state index contributed by atoms with van der Waals surface area (Å²) < 4.78 is 7.22. The van der Waals surface area contributed by atoms with Gasteiger partial charge in [0.2, 0.25) is 0 Å². The van der Waals surface area contributed by atoms with Crippen LogP contribution in [0.4, 0.5) is 0 Å². The van der Waals surface area contributed by atoms with E-state index >= 15 is 0 Å². The fraction of sp³-hybridized carbons (Fsp3) is 0.222. The molecule has 2 nitrogen and oxygen atoms in total. The summed E-state index contributed by atoms with van der Waals surface area (Å²) in [6, 6.07) is 7.67. The topological polar surface area (TPSA) is 33.0 Å². The van der Waals surface area contributed by atoms with Crippen LogP contribution in [0.25, 0.3) is 0 Å². The molecule has 0 amide bonds. The molecule has 13 heavy (non-hydrogen) atoms. The van der Waals surface area contributed by atoms with Gasteiger partial charge in [0, 0.05) is 4.47 Å². The van der Waals surface area contributed by atoms with Crippen molar-refractivity contribution in [2.24, 2.45) is 0 Å². The zero-order chi connectivity index (χ0) is 9.68. The van der Waals surface area contributed by atoms with Crippen LogP contribution >= 0.6 is 31.9 Å². The van der Waals surface area contributed by atoms with Gasteiger partial charge in [-0.05, 0) is 34.1 Å². The van der Waals surface area contributed by atoms with E-state index in [-0.39, 0.29) is 0 Å². The highest BCUT2D eigenvalue weighted by molar-refractivity contribution is 9.11. The average Bonchev–Trinajstić information content (AvgIpc) is 2.09. The Bertz CT molecular complexity index is 333. The van der Waals surface area contributed by atoms with Gasteiger partial charge in [0.05, 0.1) is 17.0 Å². The van der Waals surface area contributed by atoms with Crippen molar-refractivity contribution in [3.8, 4) is 11.8 Å². The predicted molar refractivity (Wildman–Crippen MR) is 57.6 cm³/mol.